The quantitative estimate of drug-likeness (QED) is 0.414. The Hall–Kier alpha value is -3.86. The number of hydrogen-bond acceptors (Lipinski definition) is 5. The van der Waals surface area contributed by atoms with E-state index in [1.165, 1.54) is 36.8 Å². The molecule has 0 aliphatic carbocycles. The molecule has 8 heteroatoms. The first-order valence-corrected chi connectivity index (χ1v) is 7.10. The Kier molecular flexibility index (Phi) is 4.30. The predicted molar refractivity (Wildman–Crippen MR) is 88.6 cm³/mol. The van der Waals surface area contributed by atoms with E-state index in [9.17, 15) is 19.8 Å². The highest BCUT2D eigenvalue weighted by Gasteiger charge is 2.11. The number of nitro benzene ring substituents is 1. The summed E-state index contributed by atoms with van der Waals surface area (Å²) in [6, 6.07) is 13.5. The van der Waals surface area contributed by atoms with E-state index in [-0.39, 0.29) is 23.0 Å². The van der Waals surface area contributed by atoms with Crippen molar-refractivity contribution in [1.82, 2.24) is 9.55 Å². The van der Waals surface area contributed by atoms with Crippen LogP contribution in [0.4, 0.5) is 15.9 Å². The Morgan fingerprint density at radius 3 is 2.48 bits per heavy atom. The van der Waals surface area contributed by atoms with Gasteiger partial charge in [0.05, 0.1) is 4.92 Å². The highest BCUT2D eigenvalue weighted by atomic mass is 19.1. The van der Waals surface area contributed by atoms with E-state index < -0.39 is 4.92 Å². The minimum absolute atomic E-state index is 0.0220. The van der Waals surface area contributed by atoms with Gasteiger partial charge >= 0.3 is 0 Å². The van der Waals surface area contributed by atoms with Crippen LogP contribution in [-0.4, -0.2) is 20.7 Å². The average Bonchev–Trinajstić information content (AvgIpc) is 3.04. The summed E-state index contributed by atoms with van der Waals surface area (Å²) in [5, 5.41) is 19.8. The number of nitriles is 1. The van der Waals surface area contributed by atoms with Crippen molar-refractivity contribution < 1.29 is 9.31 Å². The lowest BCUT2D eigenvalue weighted by molar-refractivity contribution is -0.384. The first-order chi connectivity index (χ1) is 12.1. The van der Waals surface area contributed by atoms with Crippen LogP contribution in [0.25, 0.3) is 5.69 Å². The Morgan fingerprint density at radius 1 is 1.20 bits per heavy atom. The number of aliphatic imine (C=N–C) groups is 1. The van der Waals surface area contributed by atoms with E-state index in [1.807, 2.05) is 6.07 Å². The van der Waals surface area contributed by atoms with E-state index in [0.717, 1.165) is 0 Å². The van der Waals surface area contributed by atoms with E-state index in [1.54, 1.807) is 28.8 Å². The predicted octanol–water partition coefficient (Wildman–Crippen LogP) is 3.54. The van der Waals surface area contributed by atoms with Gasteiger partial charge in [0, 0.05) is 24.0 Å². The third-order valence-corrected chi connectivity index (χ3v) is 3.39. The minimum Gasteiger partial charge on any atom is -0.283 e. The lowest BCUT2D eigenvalue weighted by Crippen LogP contribution is -1.93. The molecule has 7 nitrogen and oxygen atoms in total. The van der Waals surface area contributed by atoms with Crippen LogP contribution in [0.15, 0.2) is 59.9 Å². The third kappa shape index (κ3) is 3.40. The molecule has 0 amide bonds. The zero-order valence-corrected chi connectivity index (χ0v) is 12.7. The van der Waals surface area contributed by atoms with Crippen molar-refractivity contribution in [3.05, 3.63) is 82.0 Å². The van der Waals surface area contributed by atoms with Crippen LogP contribution in [0, 0.1) is 27.3 Å². The molecule has 3 aromatic rings. The second-order valence-corrected chi connectivity index (χ2v) is 4.98. The zero-order valence-electron chi connectivity index (χ0n) is 12.7. The second kappa shape index (κ2) is 6.72. The lowest BCUT2D eigenvalue weighted by Gasteiger charge is -2.04. The molecule has 0 aliphatic heterocycles. The summed E-state index contributed by atoms with van der Waals surface area (Å²) in [4.78, 5) is 18.4. The van der Waals surface area contributed by atoms with Gasteiger partial charge in [-0.3, -0.25) is 14.7 Å². The number of aromatic nitrogens is 2. The fraction of sp³-hybridized carbons (Fsp3) is 0. The molecule has 0 bridgehead atoms. The third-order valence-electron chi connectivity index (χ3n) is 3.39. The normalized spacial score (nSPS) is 10.7. The topological polar surface area (TPSA) is 97.1 Å². The molecular weight excluding hydrogens is 325 g/mol. The van der Waals surface area contributed by atoms with Gasteiger partial charge in [0.1, 0.15) is 18.2 Å². The smallest absolute Gasteiger partial charge is 0.269 e. The first kappa shape index (κ1) is 16.0. The second-order valence-electron chi connectivity index (χ2n) is 4.98. The number of imidazole rings is 1. The lowest BCUT2D eigenvalue weighted by atomic mass is 10.2. The molecule has 0 N–H and O–H groups in total. The zero-order chi connectivity index (χ0) is 17.8. The maximum absolute atomic E-state index is 13.1. The Morgan fingerprint density at radius 2 is 1.88 bits per heavy atom. The molecule has 0 saturated carbocycles. The number of nitro groups is 1. The van der Waals surface area contributed by atoms with Crippen molar-refractivity contribution >= 4 is 17.7 Å². The summed E-state index contributed by atoms with van der Waals surface area (Å²) in [5.41, 5.74) is 1.32. The van der Waals surface area contributed by atoms with Gasteiger partial charge in [0.15, 0.2) is 11.5 Å². The fourth-order valence-corrected chi connectivity index (χ4v) is 2.15. The van der Waals surface area contributed by atoms with Crippen molar-refractivity contribution in [3.8, 4) is 11.8 Å². The standard InChI is InChI=1S/C17H10FN5O2/c18-13-3-7-14(8-4-13)22-11-21-16(9-19)17(22)20-10-12-1-5-15(6-2-12)23(24)25/h1-8,10-11H/b20-10+. The molecule has 1 heterocycles. The van der Waals surface area contributed by atoms with Crippen LogP contribution >= 0.6 is 0 Å². The molecule has 0 aliphatic rings. The van der Waals surface area contributed by atoms with Gasteiger partial charge in [-0.05, 0) is 42.0 Å². The van der Waals surface area contributed by atoms with E-state index in [0.29, 0.717) is 11.3 Å². The monoisotopic (exact) mass is 335 g/mol. The van der Waals surface area contributed by atoms with Crippen molar-refractivity contribution in [1.29, 1.82) is 5.26 Å². The maximum Gasteiger partial charge on any atom is 0.269 e. The molecule has 0 fully saturated rings. The molecule has 0 spiro atoms. The number of non-ortho nitro benzene ring substituents is 1. The Balaban J connectivity index is 1.96. The summed E-state index contributed by atoms with van der Waals surface area (Å²) in [6.45, 7) is 0. The average molecular weight is 335 g/mol. The van der Waals surface area contributed by atoms with Gasteiger partial charge in [0.2, 0.25) is 0 Å². The van der Waals surface area contributed by atoms with Crippen LogP contribution in [0.1, 0.15) is 11.3 Å². The van der Waals surface area contributed by atoms with Crippen molar-refractivity contribution in [2.24, 2.45) is 4.99 Å². The maximum atomic E-state index is 13.1. The summed E-state index contributed by atoms with van der Waals surface area (Å²) in [6.07, 6.45) is 2.90. The van der Waals surface area contributed by atoms with Gasteiger partial charge in [-0.15, -0.1) is 0 Å². The Bertz CT molecular complexity index is 985. The molecule has 122 valence electrons. The molecule has 0 saturated heterocycles. The van der Waals surface area contributed by atoms with Crippen LogP contribution in [0.2, 0.25) is 0 Å². The molecule has 25 heavy (non-hydrogen) atoms. The van der Waals surface area contributed by atoms with Crippen LogP contribution in [-0.2, 0) is 0 Å². The summed E-state index contributed by atoms with van der Waals surface area (Å²) in [7, 11) is 0. The molecule has 2 aromatic carbocycles. The number of nitrogens with zero attached hydrogens (tertiary/aromatic N) is 5. The molecule has 0 unspecified atom stereocenters. The highest BCUT2D eigenvalue weighted by molar-refractivity contribution is 5.82. The largest absolute Gasteiger partial charge is 0.283 e. The molecule has 0 atom stereocenters. The van der Waals surface area contributed by atoms with Gasteiger partial charge in [0.25, 0.3) is 5.69 Å². The van der Waals surface area contributed by atoms with E-state index in [4.69, 9.17) is 0 Å². The molecular formula is C17H10FN5O2. The van der Waals surface area contributed by atoms with Crippen LogP contribution in [0.3, 0.4) is 0 Å². The van der Waals surface area contributed by atoms with Gasteiger partial charge in [-0.25, -0.2) is 14.4 Å². The van der Waals surface area contributed by atoms with Crippen LogP contribution in [0.5, 0.6) is 0 Å². The SMILES string of the molecule is N#Cc1ncn(-c2ccc(F)cc2)c1/N=C/c1ccc([N+](=O)[O-])cc1. The number of halogens is 1. The fourth-order valence-electron chi connectivity index (χ4n) is 2.15. The van der Waals surface area contributed by atoms with Crippen molar-refractivity contribution in [2.75, 3.05) is 0 Å². The van der Waals surface area contributed by atoms with E-state index in [2.05, 4.69) is 9.98 Å². The number of rotatable bonds is 4. The van der Waals surface area contributed by atoms with Gasteiger partial charge in [-0.2, -0.15) is 5.26 Å². The van der Waals surface area contributed by atoms with E-state index >= 15 is 0 Å². The van der Waals surface area contributed by atoms with Crippen molar-refractivity contribution in [3.63, 3.8) is 0 Å². The molecule has 1 aromatic heterocycles. The summed E-state index contributed by atoms with van der Waals surface area (Å²) in [5.74, 6) is -0.0900. The number of benzene rings is 2. The number of hydrogen-bond donors (Lipinski definition) is 0. The first-order valence-electron chi connectivity index (χ1n) is 7.10. The molecule has 3 rings (SSSR count). The van der Waals surface area contributed by atoms with Crippen molar-refractivity contribution in [2.45, 2.75) is 0 Å². The molecule has 0 radical (unpaired) electrons. The highest BCUT2D eigenvalue weighted by Crippen LogP contribution is 2.23. The van der Waals surface area contributed by atoms with Gasteiger partial charge in [-0.1, -0.05) is 0 Å². The minimum atomic E-state index is -0.488. The summed E-state index contributed by atoms with van der Waals surface area (Å²) >= 11 is 0. The van der Waals surface area contributed by atoms with Gasteiger partial charge < -0.3 is 0 Å². The summed E-state index contributed by atoms with van der Waals surface area (Å²) < 4.78 is 14.6. The van der Waals surface area contributed by atoms with Crippen LogP contribution < -0.4 is 0 Å². The Labute approximate surface area is 141 Å².